The summed E-state index contributed by atoms with van der Waals surface area (Å²) in [6.07, 6.45) is 10.8. The van der Waals surface area contributed by atoms with Crippen molar-refractivity contribution in [2.24, 2.45) is 47.3 Å². The van der Waals surface area contributed by atoms with Gasteiger partial charge in [-0.25, -0.2) is 0 Å². The van der Waals surface area contributed by atoms with Crippen LogP contribution >= 0.6 is 22.6 Å². The Kier molecular flexibility index (Phi) is 11.6. The van der Waals surface area contributed by atoms with Crippen molar-refractivity contribution in [1.82, 2.24) is 0 Å². The minimum atomic E-state index is -2.13. The zero-order valence-corrected chi connectivity index (χ0v) is 32.9. The van der Waals surface area contributed by atoms with E-state index in [2.05, 4.69) is 132 Å². The van der Waals surface area contributed by atoms with Gasteiger partial charge in [0.15, 0.2) is 16.6 Å². The van der Waals surface area contributed by atoms with Gasteiger partial charge in [0.2, 0.25) is 0 Å². The summed E-state index contributed by atoms with van der Waals surface area (Å²) in [6.45, 7) is 24.9. The third kappa shape index (κ3) is 8.20. The second kappa shape index (κ2) is 14.2. The van der Waals surface area contributed by atoms with Crippen LogP contribution in [0.15, 0.2) is 49.1 Å². The van der Waals surface area contributed by atoms with Gasteiger partial charge in [-0.3, -0.25) is 0 Å². The number of hydrogen-bond donors (Lipinski definition) is 1. The average molecular weight is 748 g/mol. The highest BCUT2D eigenvalue weighted by Gasteiger charge is 2.58. The minimum absolute atomic E-state index is 0.0170. The molecule has 2 saturated carbocycles. The molecule has 244 valence electrons. The van der Waals surface area contributed by atoms with Gasteiger partial charge < -0.3 is 14.0 Å². The number of fused-ring (bicyclic) bond motifs is 3. The third-order valence-corrected chi connectivity index (χ3v) is 17.5. The first-order chi connectivity index (χ1) is 20.5. The van der Waals surface area contributed by atoms with Crippen molar-refractivity contribution in [3.63, 3.8) is 0 Å². The number of rotatable bonds is 11. The number of hydrogen-bond acceptors (Lipinski definition) is 4. The zero-order chi connectivity index (χ0) is 32.6. The Bertz CT molecular complexity index is 1200. The number of nitrogens with zero attached hydrogens (tertiary/aromatic N) is 1. The Morgan fingerprint density at radius 1 is 1.09 bits per heavy atom. The topological polar surface area (TPSA) is 62.5 Å². The fourth-order valence-electron chi connectivity index (χ4n) is 8.21. The summed E-state index contributed by atoms with van der Waals surface area (Å²) in [5, 5.41) is 23.2. The molecule has 0 radical (unpaired) electrons. The summed E-state index contributed by atoms with van der Waals surface area (Å²) in [5.74, 6) is 1.77. The molecule has 0 bridgehead atoms. The van der Waals surface area contributed by atoms with Crippen LogP contribution in [-0.4, -0.2) is 40.1 Å². The summed E-state index contributed by atoms with van der Waals surface area (Å²) in [4.78, 5) is 0. The molecule has 1 aromatic carbocycles. The Morgan fingerprint density at radius 3 is 2.32 bits per heavy atom. The minimum Gasteiger partial charge on any atom is -0.414 e. The molecule has 1 aromatic rings. The first kappa shape index (κ1) is 36.1. The summed E-state index contributed by atoms with van der Waals surface area (Å²) in [5.41, 5.74) is 1.21. The molecule has 0 heterocycles. The standard InChI is InChI=1S/C37H58INO3Si2/c1-11-26-15-19-30-32-20-24(2)12-18-31(32)36(42-43(6,7)8)34(30)33(26)35(40)27(23-39)22-29(41-44(9,10)37(3,4)5)21-25-13-16-28(38)17-14-25/h11,13-17,19,24,26-27,29-36,40H,1,12,18,20-22H2,2-10H3/t24-,26+,27?,29-,30+,31-,32+,33+,34+,35+,36+/m1/s1. The lowest BCUT2D eigenvalue weighted by Gasteiger charge is -2.44. The van der Waals surface area contributed by atoms with Gasteiger partial charge in [0, 0.05) is 15.4 Å². The molecule has 0 saturated heterocycles. The predicted molar refractivity (Wildman–Crippen MR) is 196 cm³/mol. The number of aliphatic hydroxyl groups is 1. The summed E-state index contributed by atoms with van der Waals surface area (Å²) < 4.78 is 15.3. The van der Waals surface area contributed by atoms with E-state index in [1.54, 1.807) is 0 Å². The molecule has 1 N–H and O–H groups in total. The Hall–Kier alpha value is -0.766. The van der Waals surface area contributed by atoms with Gasteiger partial charge in [0.05, 0.1) is 30.3 Å². The second-order valence-corrected chi connectivity index (χ2v) is 27.1. The van der Waals surface area contributed by atoms with Crippen molar-refractivity contribution in [1.29, 1.82) is 5.26 Å². The first-order valence-electron chi connectivity index (χ1n) is 16.9. The van der Waals surface area contributed by atoms with Crippen LogP contribution < -0.4 is 0 Å². The van der Waals surface area contributed by atoms with E-state index in [1.807, 2.05) is 6.08 Å². The van der Waals surface area contributed by atoms with E-state index in [1.165, 1.54) is 28.4 Å². The van der Waals surface area contributed by atoms with Crippen molar-refractivity contribution < 1.29 is 14.0 Å². The van der Waals surface area contributed by atoms with Crippen molar-refractivity contribution in [2.75, 3.05) is 0 Å². The fraction of sp³-hybridized carbons (Fsp3) is 0.703. The molecule has 0 spiro atoms. The molecule has 3 aliphatic carbocycles. The first-order valence-corrected chi connectivity index (χ1v) is 24.3. The van der Waals surface area contributed by atoms with Gasteiger partial charge >= 0.3 is 0 Å². The SMILES string of the molecule is C=C[C@H]1C=C[C@H]2[C@@H]3C[C@H](C)CC[C@H]3[C@H](O[Si](C)(C)C)[C@@H]2[C@H]1[C@@H](O)C(C#N)C[C@@H](Cc1ccc(I)cc1)O[Si](C)(C)C(C)(C)C. The highest BCUT2D eigenvalue weighted by atomic mass is 127. The van der Waals surface area contributed by atoms with E-state index in [0.717, 1.165) is 12.3 Å². The second-order valence-electron chi connectivity index (χ2n) is 16.7. The molecular formula is C37H58INO3Si2. The van der Waals surface area contributed by atoms with Crippen LogP contribution in [0.1, 0.15) is 58.9 Å². The van der Waals surface area contributed by atoms with E-state index in [-0.39, 0.29) is 35.0 Å². The van der Waals surface area contributed by atoms with E-state index in [4.69, 9.17) is 8.85 Å². The van der Waals surface area contributed by atoms with Crippen LogP contribution in [-0.2, 0) is 15.3 Å². The van der Waals surface area contributed by atoms with E-state index in [0.29, 0.717) is 24.2 Å². The van der Waals surface area contributed by atoms with Crippen LogP contribution in [0.3, 0.4) is 0 Å². The van der Waals surface area contributed by atoms with Crippen molar-refractivity contribution in [3.05, 3.63) is 58.2 Å². The van der Waals surface area contributed by atoms with Gasteiger partial charge in [-0.05, 0) is 133 Å². The van der Waals surface area contributed by atoms with Crippen molar-refractivity contribution in [2.45, 2.75) is 116 Å². The molecule has 4 nitrogen and oxygen atoms in total. The summed E-state index contributed by atoms with van der Waals surface area (Å²) in [6, 6.07) is 11.2. The Labute approximate surface area is 284 Å². The maximum atomic E-state index is 12.4. The molecule has 3 aliphatic rings. The van der Waals surface area contributed by atoms with Crippen LogP contribution in [0.4, 0.5) is 0 Å². The van der Waals surface area contributed by atoms with E-state index in [9.17, 15) is 10.4 Å². The lowest BCUT2D eigenvalue weighted by molar-refractivity contribution is -0.0316. The van der Waals surface area contributed by atoms with Crippen LogP contribution in [0, 0.1) is 62.2 Å². The molecule has 11 atom stereocenters. The zero-order valence-electron chi connectivity index (χ0n) is 28.7. The predicted octanol–water partition coefficient (Wildman–Crippen LogP) is 9.62. The smallest absolute Gasteiger partial charge is 0.192 e. The number of nitriles is 1. The Morgan fingerprint density at radius 2 is 1.75 bits per heavy atom. The lowest BCUT2D eigenvalue weighted by Crippen LogP contribution is -2.49. The van der Waals surface area contributed by atoms with Crippen LogP contribution in [0.25, 0.3) is 0 Å². The van der Waals surface area contributed by atoms with Gasteiger partial charge in [-0.1, -0.05) is 64.5 Å². The molecule has 0 aromatic heterocycles. The molecule has 0 aliphatic heterocycles. The Balaban J connectivity index is 1.68. The van der Waals surface area contributed by atoms with Gasteiger partial charge in [-0.2, -0.15) is 5.26 Å². The van der Waals surface area contributed by atoms with Crippen LogP contribution in [0.2, 0.25) is 37.8 Å². The van der Waals surface area contributed by atoms with Crippen molar-refractivity contribution >= 4 is 39.2 Å². The molecular weight excluding hydrogens is 689 g/mol. The number of aliphatic hydroxyl groups excluding tert-OH is 1. The highest BCUT2D eigenvalue weighted by molar-refractivity contribution is 14.1. The third-order valence-electron chi connectivity index (χ3n) is 11.3. The van der Waals surface area contributed by atoms with Gasteiger partial charge in [0.25, 0.3) is 0 Å². The summed E-state index contributed by atoms with van der Waals surface area (Å²) >= 11 is 2.34. The van der Waals surface area contributed by atoms with E-state index >= 15 is 0 Å². The molecule has 4 rings (SSSR count). The highest BCUT2D eigenvalue weighted by Crippen LogP contribution is 2.58. The van der Waals surface area contributed by atoms with E-state index < -0.39 is 28.7 Å². The largest absolute Gasteiger partial charge is 0.414 e. The number of benzene rings is 1. The van der Waals surface area contributed by atoms with Crippen LogP contribution in [0.5, 0.6) is 0 Å². The summed E-state index contributed by atoms with van der Waals surface area (Å²) in [7, 11) is -3.98. The van der Waals surface area contributed by atoms with Gasteiger partial charge in [-0.15, -0.1) is 6.58 Å². The number of halogens is 1. The molecule has 2 fully saturated rings. The normalized spacial score (nSPS) is 32.7. The van der Waals surface area contributed by atoms with Crippen molar-refractivity contribution in [3.8, 4) is 6.07 Å². The lowest BCUT2D eigenvalue weighted by atomic mass is 9.64. The maximum Gasteiger partial charge on any atom is 0.192 e. The number of allylic oxidation sites excluding steroid dienone is 3. The average Bonchev–Trinajstić information content (AvgIpc) is 3.22. The monoisotopic (exact) mass is 747 g/mol. The fourth-order valence-corrected chi connectivity index (χ4v) is 11.1. The molecule has 0 amide bonds. The maximum absolute atomic E-state index is 12.4. The molecule has 44 heavy (non-hydrogen) atoms. The van der Waals surface area contributed by atoms with Gasteiger partial charge in [0.1, 0.15) is 0 Å². The molecule has 1 unspecified atom stereocenters. The molecule has 7 heteroatoms. The quantitative estimate of drug-likeness (QED) is 0.139.